The van der Waals surface area contributed by atoms with Crippen molar-refractivity contribution in [2.45, 2.75) is 37.7 Å². The highest BCUT2D eigenvalue weighted by Gasteiger charge is 2.27. The molecule has 1 aromatic rings. The minimum Gasteiger partial charge on any atom is -0.382 e. The number of anilines is 2. The number of nitrogens with two attached hydrogens (primary N) is 1. The molecule has 0 amide bonds. The molecule has 0 unspecified atom stereocenters. The number of unbranched alkanes of at least 4 members (excludes halogenated alkanes) is 1. The fourth-order valence-electron chi connectivity index (χ4n) is 1.59. The van der Waals surface area contributed by atoms with Crippen molar-refractivity contribution in [2.75, 3.05) is 38.3 Å². The Labute approximate surface area is 130 Å². The number of hydrogen-bond donors (Lipinski definition) is 2. The number of rotatable bonds is 9. The first kappa shape index (κ1) is 18.1. The van der Waals surface area contributed by atoms with E-state index in [1.54, 1.807) is 0 Å². The summed E-state index contributed by atoms with van der Waals surface area (Å²) in [5, 5.41) is 3.59. The zero-order chi connectivity index (χ0) is 16.0. The maximum absolute atomic E-state index is 12.2. The summed E-state index contributed by atoms with van der Waals surface area (Å²) in [6, 6.07) is 0. The summed E-state index contributed by atoms with van der Waals surface area (Å²) in [6.07, 6.45) is 2.03. The summed E-state index contributed by atoms with van der Waals surface area (Å²) < 4.78 is 34.9. The first-order valence-corrected chi connectivity index (χ1v) is 9.01. The molecule has 3 N–H and O–H groups in total. The smallest absolute Gasteiger partial charge is 0.249 e. The van der Waals surface area contributed by atoms with Crippen LogP contribution >= 0.6 is 11.5 Å². The first-order chi connectivity index (χ1) is 9.76. The fourth-order valence-corrected chi connectivity index (χ4v) is 3.69. The average Bonchev–Trinajstić information content (AvgIpc) is 2.75. The van der Waals surface area contributed by atoms with E-state index in [4.69, 9.17) is 10.5 Å². The Morgan fingerprint density at radius 1 is 1.38 bits per heavy atom. The quantitative estimate of drug-likeness (QED) is 0.665. The van der Waals surface area contributed by atoms with Gasteiger partial charge in [0.1, 0.15) is 5.00 Å². The minimum absolute atomic E-state index is 0.0411. The molecule has 0 aliphatic carbocycles. The largest absolute Gasteiger partial charge is 0.382 e. The van der Waals surface area contributed by atoms with Gasteiger partial charge in [0.05, 0.1) is 6.10 Å². The summed E-state index contributed by atoms with van der Waals surface area (Å²) in [7, 11) is -0.641. The van der Waals surface area contributed by atoms with E-state index in [9.17, 15) is 8.42 Å². The van der Waals surface area contributed by atoms with E-state index in [-0.39, 0.29) is 16.8 Å². The normalized spacial score (nSPS) is 12.3. The second-order valence-electron chi connectivity index (χ2n) is 5.07. The van der Waals surface area contributed by atoms with Crippen LogP contribution in [0.4, 0.5) is 10.8 Å². The lowest BCUT2D eigenvalue weighted by Gasteiger charge is -2.13. The molecule has 0 bridgehead atoms. The first-order valence-electron chi connectivity index (χ1n) is 6.80. The van der Waals surface area contributed by atoms with Crippen LogP contribution in [0, 0.1) is 0 Å². The van der Waals surface area contributed by atoms with Crippen LogP contribution < -0.4 is 11.1 Å². The van der Waals surface area contributed by atoms with Crippen molar-refractivity contribution in [3.63, 3.8) is 0 Å². The molecule has 0 aliphatic heterocycles. The Bertz CT molecular complexity index is 541. The predicted octanol–water partition coefficient (Wildman–Crippen LogP) is 1.59. The highest BCUT2D eigenvalue weighted by Crippen LogP contribution is 2.32. The van der Waals surface area contributed by atoms with Gasteiger partial charge in [-0.15, -0.1) is 0 Å². The van der Waals surface area contributed by atoms with Crippen LogP contribution in [0.3, 0.4) is 0 Å². The van der Waals surface area contributed by atoms with Gasteiger partial charge in [-0.25, -0.2) is 12.7 Å². The predicted molar refractivity (Wildman–Crippen MR) is 86.2 cm³/mol. The van der Waals surface area contributed by atoms with Crippen molar-refractivity contribution in [3.05, 3.63) is 0 Å². The van der Waals surface area contributed by atoms with E-state index in [1.165, 1.54) is 14.1 Å². The number of nitrogens with one attached hydrogen (secondary N) is 1. The van der Waals surface area contributed by atoms with Crippen LogP contribution in [0.5, 0.6) is 0 Å². The van der Waals surface area contributed by atoms with E-state index in [0.29, 0.717) is 18.2 Å². The van der Waals surface area contributed by atoms with Crippen molar-refractivity contribution in [3.8, 4) is 0 Å². The molecule has 9 heteroatoms. The van der Waals surface area contributed by atoms with E-state index < -0.39 is 10.0 Å². The standard InChI is InChI=1S/C12H24N4O3S2/c1-9(2)19-8-6-5-7-14-12-10(11(13)15-20-12)21(17,18)16(3)4/h9,14H,5-8H2,1-4H3,(H2,13,15). The number of ether oxygens (including phenoxy) is 1. The number of sulfonamides is 1. The molecule has 0 saturated heterocycles. The Kier molecular flexibility index (Phi) is 6.85. The third-order valence-electron chi connectivity index (χ3n) is 2.72. The third-order valence-corrected chi connectivity index (χ3v) is 5.56. The zero-order valence-corrected chi connectivity index (χ0v) is 14.6. The molecule has 122 valence electrons. The molecule has 0 aromatic carbocycles. The van der Waals surface area contributed by atoms with Gasteiger partial charge in [0.2, 0.25) is 10.0 Å². The van der Waals surface area contributed by atoms with Gasteiger partial charge in [-0.05, 0) is 38.2 Å². The average molecular weight is 336 g/mol. The maximum Gasteiger partial charge on any atom is 0.249 e. The molecule has 1 aromatic heterocycles. The summed E-state index contributed by atoms with van der Waals surface area (Å²) in [5.41, 5.74) is 5.68. The van der Waals surface area contributed by atoms with Gasteiger partial charge in [0.15, 0.2) is 10.7 Å². The topological polar surface area (TPSA) is 97.5 Å². The number of nitrogen functional groups attached to an aromatic ring is 1. The lowest BCUT2D eigenvalue weighted by atomic mass is 10.3. The second-order valence-corrected chi connectivity index (χ2v) is 7.93. The van der Waals surface area contributed by atoms with Crippen molar-refractivity contribution in [1.29, 1.82) is 0 Å². The Balaban J connectivity index is 2.58. The summed E-state index contributed by atoms with van der Waals surface area (Å²) in [5.74, 6) is 0.0411. The molecule has 21 heavy (non-hydrogen) atoms. The molecule has 0 radical (unpaired) electrons. The lowest BCUT2D eigenvalue weighted by Crippen LogP contribution is -2.23. The SMILES string of the molecule is CC(C)OCCCCNc1snc(N)c1S(=O)(=O)N(C)C. The Morgan fingerprint density at radius 3 is 2.62 bits per heavy atom. The molecular formula is C12H24N4O3S2. The van der Waals surface area contributed by atoms with Crippen LogP contribution in [0.1, 0.15) is 26.7 Å². The maximum atomic E-state index is 12.2. The van der Waals surface area contributed by atoms with Crippen molar-refractivity contribution in [1.82, 2.24) is 8.68 Å². The van der Waals surface area contributed by atoms with Gasteiger partial charge in [-0.2, -0.15) is 4.37 Å². The molecule has 1 heterocycles. The third kappa shape index (κ3) is 5.10. The van der Waals surface area contributed by atoms with Crippen LogP contribution in [0.25, 0.3) is 0 Å². The molecule has 1 rings (SSSR count). The van der Waals surface area contributed by atoms with Gasteiger partial charge in [0.25, 0.3) is 0 Å². The van der Waals surface area contributed by atoms with E-state index >= 15 is 0 Å². The summed E-state index contributed by atoms with van der Waals surface area (Å²) in [6.45, 7) is 5.35. The molecule has 7 nitrogen and oxygen atoms in total. The Hall–Kier alpha value is -0.900. The molecule has 0 saturated carbocycles. The second kappa shape index (κ2) is 7.92. The van der Waals surface area contributed by atoms with Gasteiger partial charge >= 0.3 is 0 Å². The van der Waals surface area contributed by atoms with Crippen molar-refractivity contribution < 1.29 is 13.2 Å². The summed E-state index contributed by atoms with van der Waals surface area (Å²) in [4.78, 5) is 0.0657. The van der Waals surface area contributed by atoms with Crippen molar-refractivity contribution in [2.24, 2.45) is 0 Å². The lowest BCUT2D eigenvalue weighted by molar-refractivity contribution is 0.0765. The Morgan fingerprint density at radius 2 is 2.05 bits per heavy atom. The van der Waals surface area contributed by atoms with Gasteiger partial charge in [-0.3, -0.25) is 0 Å². The number of nitrogens with zero attached hydrogens (tertiary/aromatic N) is 2. The molecule has 0 aliphatic rings. The number of aromatic nitrogens is 1. The molecule has 0 fully saturated rings. The van der Waals surface area contributed by atoms with E-state index in [0.717, 1.165) is 28.7 Å². The van der Waals surface area contributed by atoms with Gasteiger partial charge in [-0.1, -0.05) is 0 Å². The number of hydrogen-bond acceptors (Lipinski definition) is 7. The van der Waals surface area contributed by atoms with Crippen LogP contribution in [-0.2, 0) is 14.8 Å². The van der Waals surface area contributed by atoms with E-state index in [1.807, 2.05) is 13.8 Å². The summed E-state index contributed by atoms with van der Waals surface area (Å²) >= 11 is 1.07. The van der Waals surface area contributed by atoms with Crippen LogP contribution in [-0.4, -0.2) is 50.4 Å². The van der Waals surface area contributed by atoms with Gasteiger partial charge < -0.3 is 15.8 Å². The molecule has 0 atom stereocenters. The molecule has 0 spiro atoms. The zero-order valence-electron chi connectivity index (χ0n) is 12.9. The van der Waals surface area contributed by atoms with Crippen LogP contribution in [0.2, 0.25) is 0 Å². The van der Waals surface area contributed by atoms with Crippen molar-refractivity contribution >= 4 is 32.4 Å². The monoisotopic (exact) mass is 336 g/mol. The fraction of sp³-hybridized carbons (Fsp3) is 0.750. The van der Waals surface area contributed by atoms with E-state index in [2.05, 4.69) is 9.69 Å². The molecular weight excluding hydrogens is 312 g/mol. The highest BCUT2D eigenvalue weighted by atomic mass is 32.2. The van der Waals surface area contributed by atoms with Crippen LogP contribution in [0.15, 0.2) is 4.90 Å². The minimum atomic E-state index is -3.58. The van der Waals surface area contributed by atoms with Gasteiger partial charge in [0, 0.05) is 27.2 Å². The highest BCUT2D eigenvalue weighted by molar-refractivity contribution is 7.89.